The van der Waals surface area contributed by atoms with Gasteiger partial charge in [-0.15, -0.1) is 0 Å². The molecule has 1 aromatic rings. The second kappa shape index (κ2) is 3.93. The molecule has 1 heteroatoms. The summed E-state index contributed by atoms with van der Waals surface area (Å²) in [6, 6.07) is 8.54. The topological polar surface area (TPSA) is 9.23 Å². The van der Waals surface area contributed by atoms with Crippen molar-refractivity contribution >= 4 is 0 Å². The second-order valence-corrected chi connectivity index (χ2v) is 3.65. The zero-order valence-electron chi connectivity index (χ0n) is 8.92. The van der Waals surface area contributed by atoms with Crippen LogP contribution in [0.2, 0.25) is 0 Å². The third-order valence-electron chi connectivity index (χ3n) is 2.79. The van der Waals surface area contributed by atoms with Gasteiger partial charge in [-0.05, 0) is 25.8 Å². The minimum Gasteiger partial charge on any atom is -0.374 e. The molecule has 0 heterocycles. The normalized spacial score (nSPS) is 15.4. The van der Waals surface area contributed by atoms with E-state index in [4.69, 9.17) is 4.74 Å². The van der Waals surface area contributed by atoms with Crippen LogP contribution in [0.1, 0.15) is 31.4 Å². The lowest BCUT2D eigenvalue weighted by atomic mass is 9.92. The highest BCUT2D eigenvalue weighted by molar-refractivity contribution is 5.26. The third-order valence-corrected chi connectivity index (χ3v) is 2.79. The first-order chi connectivity index (χ1) is 6.12. The van der Waals surface area contributed by atoms with E-state index in [1.807, 2.05) is 0 Å². The summed E-state index contributed by atoms with van der Waals surface area (Å²) in [7, 11) is 1.77. The molecule has 0 aliphatic carbocycles. The molecule has 0 aliphatic heterocycles. The molecule has 0 aliphatic rings. The molecule has 0 aromatic heterocycles. The fraction of sp³-hybridized carbons (Fsp3) is 0.500. The first kappa shape index (κ1) is 10.3. The highest BCUT2D eigenvalue weighted by atomic mass is 16.5. The molecule has 13 heavy (non-hydrogen) atoms. The molecule has 0 radical (unpaired) electrons. The molecule has 0 spiro atoms. The number of hydrogen-bond acceptors (Lipinski definition) is 1. The van der Waals surface area contributed by atoms with Crippen molar-refractivity contribution in [3.05, 3.63) is 35.4 Å². The van der Waals surface area contributed by atoms with E-state index in [0.29, 0.717) is 0 Å². The fourth-order valence-corrected chi connectivity index (χ4v) is 1.37. The second-order valence-electron chi connectivity index (χ2n) is 3.65. The molecule has 1 rings (SSSR count). The maximum Gasteiger partial charge on any atom is 0.0896 e. The van der Waals surface area contributed by atoms with Gasteiger partial charge in [0.05, 0.1) is 5.60 Å². The van der Waals surface area contributed by atoms with E-state index in [2.05, 4.69) is 45.0 Å². The maximum absolute atomic E-state index is 5.51. The summed E-state index contributed by atoms with van der Waals surface area (Å²) < 4.78 is 5.51. The van der Waals surface area contributed by atoms with Crippen LogP contribution in [0.15, 0.2) is 24.3 Å². The van der Waals surface area contributed by atoms with Crippen molar-refractivity contribution < 1.29 is 4.74 Å². The van der Waals surface area contributed by atoms with E-state index in [-0.39, 0.29) is 5.60 Å². The molecular weight excluding hydrogens is 160 g/mol. The van der Waals surface area contributed by atoms with E-state index in [9.17, 15) is 0 Å². The molecule has 0 saturated carbocycles. The minimum atomic E-state index is -0.131. The van der Waals surface area contributed by atoms with Crippen LogP contribution in [0.5, 0.6) is 0 Å². The smallest absolute Gasteiger partial charge is 0.0896 e. The van der Waals surface area contributed by atoms with Gasteiger partial charge in [-0.25, -0.2) is 0 Å². The maximum atomic E-state index is 5.51. The van der Waals surface area contributed by atoms with Gasteiger partial charge in [0.25, 0.3) is 0 Å². The van der Waals surface area contributed by atoms with Gasteiger partial charge in [0, 0.05) is 7.11 Å². The van der Waals surface area contributed by atoms with Gasteiger partial charge >= 0.3 is 0 Å². The number of benzene rings is 1. The molecule has 0 unspecified atom stereocenters. The Morgan fingerprint density at radius 1 is 1.23 bits per heavy atom. The predicted octanol–water partition coefficient (Wildman–Crippen LogP) is 3.27. The van der Waals surface area contributed by atoms with Gasteiger partial charge in [-0.1, -0.05) is 36.8 Å². The summed E-state index contributed by atoms with van der Waals surface area (Å²) >= 11 is 0. The molecule has 1 nitrogen and oxygen atoms in total. The van der Waals surface area contributed by atoms with E-state index in [1.54, 1.807) is 7.11 Å². The van der Waals surface area contributed by atoms with Crippen molar-refractivity contribution in [1.29, 1.82) is 0 Å². The quantitative estimate of drug-likeness (QED) is 0.690. The number of rotatable bonds is 3. The lowest BCUT2D eigenvalue weighted by Gasteiger charge is -2.27. The fourth-order valence-electron chi connectivity index (χ4n) is 1.37. The molecule has 0 bridgehead atoms. The van der Waals surface area contributed by atoms with Crippen molar-refractivity contribution in [3.63, 3.8) is 0 Å². The number of hydrogen-bond donors (Lipinski definition) is 0. The lowest BCUT2D eigenvalue weighted by molar-refractivity contribution is -0.00140. The molecule has 0 saturated heterocycles. The summed E-state index contributed by atoms with van der Waals surface area (Å²) in [5, 5.41) is 0. The Balaban J connectivity index is 2.99. The van der Waals surface area contributed by atoms with Crippen LogP contribution < -0.4 is 0 Å². The summed E-state index contributed by atoms with van der Waals surface area (Å²) in [6.45, 7) is 6.36. The van der Waals surface area contributed by atoms with Crippen LogP contribution >= 0.6 is 0 Å². The Kier molecular flexibility index (Phi) is 3.10. The Labute approximate surface area is 80.7 Å². The summed E-state index contributed by atoms with van der Waals surface area (Å²) in [4.78, 5) is 0. The lowest BCUT2D eigenvalue weighted by Crippen LogP contribution is -2.22. The molecule has 0 N–H and O–H groups in total. The van der Waals surface area contributed by atoms with Crippen LogP contribution in [-0.2, 0) is 10.3 Å². The summed E-state index contributed by atoms with van der Waals surface area (Å²) in [5.41, 5.74) is 2.41. The van der Waals surface area contributed by atoms with E-state index < -0.39 is 0 Å². The molecule has 72 valence electrons. The summed E-state index contributed by atoms with van der Waals surface area (Å²) in [6.07, 6.45) is 0.993. The SMILES string of the molecule is CC[C@@](C)(OC)c1ccc(C)cc1. The van der Waals surface area contributed by atoms with E-state index >= 15 is 0 Å². The van der Waals surface area contributed by atoms with Crippen LogP contribution in [0.3, 0.4) is 0 Å². The standard InChI is InChI=1S/C12H18O/c1-5-12(3,13-4)11-8-6-10(2)7-9-11/h6-9H,5H2,1-4H3/t12-/m1/s1. The Hall–Kier alpha value is -0.820. The highest BCUT2D eigenvalue weighted by Gasteiger charge is 2.22. The van der Waals surface area contributed by atoms with Crippen molar-refractivity contribution in [2.75, 3.05) is 7.11 Å². The average Bonchev–Trinajstić information content (AvgIpc) is 2.18. The van der Waals surface area contributed by atoms with Gasteiger partial charge in [0.15, 0.2) is 0 Å². The van der Waals surface area contributed by atoms with Crippen molar-refractivity contribution in [1.82, 2.24) is 0 Å². The van der Waals surface area contributed by atoms with Gasteiger partial charge in [-0.2, -0.15) is 0 Å². The third kappa shape index (κ3) is 2.10. The number of methoxy groups -OCH3 is 1. The van der Waals surface area contributed by atoms with Crippen molar-refractivity contribution in [2.45, 2.75) is 32.8 Å². The van der Waals surface area contributed by atoms with E-state index in [0.717, 1.165) is 6.42 Å². The molecular formula is C12H18O. The highest BCUT2D eigenvalue weighted by Crippen LogP contribution is 2.27. The largest absolute Gasteiger partial charge is 0.374 e. The van der Waals surface area contributed by atoms with Crippen LogP contribution in [-0.4, -0.2) is 7.11 Å². The van der Waals surface area contributed by atoms with Gasteiger partial charge in [-0.3, -0.25) is 0 Å². The number of aryl methyl sites for hydroxylation is 1. The predicted molar refractivity (Wildman–Crippen MR) is 55.8 cm³/mol. The molecule has 1 aromatic carbocycles. The average molecular weight is 178 g/mol. The molecule has 1 atom stereocenters. The number of ether oxygens (including phenoxy) is 1. The minimum absolute atomic E-state index is 0.131. The van der Waals surface area contributed by atoms with Gasteiger partial charge in [0.1, 0.15) is 0 Å². The van der Waals surface area contributed by atoms with Gasteiger partial charge in [0.2, 0.25) is 0 Å². The van der Waals surface area contributed by atoms with E-state index in [1.165, 1.54) is 11.1 Å². The van der Waals surface area contributed by atoms with Crippen LogP contribution in [0.25, 0.3) is 0 Å². The van der Waals surface area contributed by atoms with Gasteiger partial charge < -0.3 is 4.74 Å². The Bertz CT molecular complexity index is 257. The zero-order chi connectivity index (χ0) is 9.90. The van der Waals surface area contributed by atoms with Crippen molar-refractivity contribution in [3.8, 4) is 0 Å². The van der Waals surface area contributed by atoms with Crippen LogP contribution in [0, 0.1) is 6.92 Å². The van der Waals surface area contributed by atoms with Crippen molar-refractivity contribution in [2.24, 2.45) is 0 Å². The zero-order valence-corrected chi connectivity index (χ0v) is 8.92. The van der Waals surface area contributed by atoms with Crippen LogP contribution in [0.4, 0.5) is 0 Å². The summed E-state index contributed by atoms with van der Waals surface area (Å²) in [5.74, 6) is 0. The Morgan fingerprint density at radius 3 is 2.15 bits per heavy atom. The molecule has 0 amide bonds. The Morgan fingerprint density at radius 2 is 1.77 bits per heavy atom. The monoisotopic (exact) mass is 178 g/mol. The first-order valence-corrected chi connectivity index (χ1v) is 4.74. The first-order valence-electron chi connectivity index (χ1n) is 4.74. The molecule has 0 fully saturated rings.